The molecule has 1 atom stereocenters. The summed E-state index contributed by atoms with van der Waals surface area (Å²) in [6.45, 7) is 2.30. The number of rotatable bonds is 6. The Morgan fingerprint density at radius 3 is 2.48 bits per heavy atom. The van der Waals surface area contributed by atoms with Crippen molar-refractivity contribution in [2.75, 3.05) is 33.9 Å². The first kappa shape index (κ1) is 15.6. The molecule has 2 N–H and O–H groups in total. The van der Waals surface area contributed by atoms with E-state index in [4.69, 9.17) is 15.2 Å². The van der Waals surface area contributed by atoms with Crippen molar-refractivity contribution in [2.24, 2.45) is 11.7 Å². The zero-order valence-electron chi connectivity index (χ0n) is 12.8. The van der Waals surface area contributed by atoms with Gasteiger partial charge in [-0.25, -0.2) is 0 Å². The fourth-order valence-corrected chi connectivity index (χ4v) is 2.67. The number of nitrogens with two attached hydrogens (primary N) is 1. The van der Waals surface area contributed by atoms with Gasteiger partial charge in [-0.3, -0.25) is 4.79 Å². The Bertz CT molecular complexity index is 468. The molecular formula is C16H24N2O3. The molecule has 1 saturated heterocycles. The van der Waals surface area contributed by atoms with Crippen LogP contribution in [0.15, 0.2) is 18.2 Å². The highest BCUT2D eigenvalue weighted by atomic mass is 16.5. The molecule has 1 heterocycles. The Morgan fingerprint density at radius 2 is 1.95 bits per heavy atom. The van der Waals surface area contributed by atoms with E-state index < -0.39 is 0 Å². The summed E-state index contributed by atoms with van der Waals surface area (Å²) >= 11 is 0. The van der Waals surface area contributed by atoms with E-state index in [0.717, 1.165) is 36.6 Å². The number of aryl methyl sites for hydroxylation is 1. The van der Waals surface area contributed by atoms with E-state index >= 15 is 0 Å². The molecule has 116 valence electrons. The monoisotopic (exact) mass is 292 g/mol. The molecule has 5 nitrogen and oxygen atoms in total. The van der Waals surface area contributed by atoms with Gasteiger partial charge in [0.2, 0.25) is 5.91 Å². The van der Waals surface area contributed by atoms with Crippen molar-refractivity contribution >= 4 is 5.91 Å². The molecule has 1 fully saturated rings. The number of benzene rings is 1. The standard InChI is InChI=1S/C16H24N2O3/c1-20-14-7-12(8-15(9-14)21-2)3-4-16(19)18-6-5-13(10-17)11-18/h7-9,13H,3-6,10-11,17H2,1-2H3. The lowest BCUT2D eigenvalue weighted by Crippen LogP contribution is -2.30. The van der Waals surface area contributed by atoms with Crippen LogP contribution in [-0.2, 0) is 11.2 Å². The van der Waals surface area contributed by atoms with Crippen LogP contribution >= 0.6 is 0 Å². The molecule has 21 heavy (non-hydrogen) atoms. The zero-order valence-corrected chi connectivity index (χ0v) is 12.8. The summed E-state index contributed by atoms with van der Waals surface area (Å²) in [5.74, 6) is 2.17. The quantitative estimate of drug-likeness (QED) is 0.862. The number of carbonyl (C=O) groups is 1. The average molecular weight is 292 g/mol. The van der Waals surface area contributed by atoms with Crippen molar-refractivity contribution in [1.82, 2.24) is 4.90 Å². The van der Waals surface area contributed by atoms with E-state index in [-0.39, 0.29) is 5.91 Å². The highest BCUT2D eigenvalue weighted by Crippen LogP contribution is 2.24. The van der Waals surface area contributed by atoms with Crippen molar-refractivity contribution in [3.8, 4) is 11.5 Å². The van der Waals surface area contributed by atoms with E-state index in [0.29, 0.717) is 25.3 Å². The molecule has 2 rings (SSSR count). The van der Waals surface area contributed by atoms with Gasteiger partial charge < -0.3 is 20.1 Å². The van der Waals surface area contributed by atoms with Crippen molar-refractivity contribution in [1.29, 1.82) is 0 Å². The first-order valence-corrected chi connectivity index (χ1v) is 7.36. The Kier molecular flexibility index (Phi) is 5.44. The minimum Gasteiger partial charge on any atom is -0.497 e. The van der Waals surface area contributed by atoms with Crippen molar-refractivity contribution in [3.63, 3.8) is 0 Å². The molecule has 1 aliphatic rings. The predicted octanol–water partition coefficient (Wildman–Crippen LogP) is 1.44. The van der Waals surface area contributed by atoms with Gasteiger partial charge in [0.25, 0.3) is 0 Å². The van der Waals surface area contributed by atoms with Gasteiger partial charge in [0.05, 0.1) is 14.2 Å². The number of hydrogen-bond donors (Lipinski definition) is 1. The van der Waals surface area contributed by atoms with E-state index in [1.807, 2.05) is 23.1 Å². The van der Waals surface area contributed by atoms with Crippen LogP contribution in [0.1, 0.15) is 18.4 Å². The predicted molar refractivity (Wildman–Crippen MR) is 81.6 cm³/mol. The largest absolute Gasteiger partial charge is 0.497 e. The van der Waals surface area contributed by atoms with E-state index in [2.05, 4.69) is 0 Å². The third-order valence-corrected chi connectivity index (χ3v) is 4.01. The Balaban J connectivity index is 1.92. The van der Waals surface area contributed by atoms with E-state index in [1.54, 1.807) is 14.2 Å². The van der Waals surface area contributed by atoms with Gasteiger partial charge in [0.15, 0.2) is 0 Å². The maximum absolute atomic E-state index is 12.2. The summed E-state index contributed by atoms with van der Waals surface area (Å²) in [6, 6.07) is 5.72. The summed E-state index contributed by atoms with van der Waals surface area (Å²) in [6.07, 6.45) is 2.22. The van der Waals surface area contributed by atoms with Crippen LogP contribution in [0.5, 0.6) is 11.5 Å². The van der Waals surface area contributed by atoms with E-state index in [1.165, 1.54) is 0 Å². The number of likely N-dealkylation sites (tertiary alicyclic amines) is 1. The summed E-state index contributed by atoms with van der Waals surface area (Å²) in [5, 5.41) is 0. The topological polar surface area (TPSA) is 64.8 Å². The zero-order chi connectivity index (χ0) is 15.2. The second-order valence-electron chi connectivity index (χ2n) is 5.45. The molecule has 1 aliphatic heterocycles. The Labute approximate surface area is 126 Å². The highest BCUT2D eigenvalue weighted by molar-refractivity contribution is 5.76. The van der Waals surface area contributed by atoms with Crippen LogP contribution in [0.3, 0.4) is 0 Å². The fourth-order valence-electron chi connectivity index (χ4n) is 2.67. The second-order valence-corrected chi connectivity index (χ2v) is 5.45. The maximum Gasteiger partial charge on any atom is 0.222 e. The highest BCUT2D eigenvalue weighted by Gasteiger charge is 2.24. The SMILES string of the molecule is COc1cc(CCC(=O)N2CCC(CN)C2)cc(OC)c1. The van der Waals surface area contributed by atoms with Gasteiger partial charge in [0.1, 0.15) is 11.5 Å². The molecule has 1 aromatic carbocycles. The normalized spacial score (nSPS) is 17.9. The molecule has 5 heteroatoms. The van der Waals surface area contributed by atoms with Gasteiger partial charge in [-0.05, 0) is 43.0 Å². The minimum atomic E-state index is 0.202. The molecule has 1 amide bonds. The van der Waals surface area contributed by atoms with Crippen LogP contribution in [0, 0.1) is 5.92 Å². The molecule has 0 bridgehead atoms. The number of carbonyl (C=O) groups excluding carboxylic acids is 1. The second kappa shape index (κ2) is 7.31. The first-order valence-electron chi connectivity index (χ1n) is 7.36. The van der Waals surface area contributed by atoms with Crippen LogP contribution < -0.4 is 15.2 Å². The maximum atomic E-state index is 12.2. The van der Waals surface area contributed by atoms with Gasteiger partial charge in [0, 0.05) is 25.6 Å². The summed E-state index contributed by atoms with van der Waals surface area (Å²) < 4.78 is 10.5. The smallest absolute Gasteiger partial charge is 0.222 e. The lowest BCUT2D eigenvalue weighted by atomic mass is 10.1. The number of nitrogens with zero attached hydrogens (tertiary/aromatic N) is 1. The molecule has 0 saturated carbocycles. The lowest BCUT2D eigenvalue weighted by Gasteiger charge is -2.16. The summed E-state index contributed by atoms with van der Waals surface area (Å²) in [4.78, 5) is 14.1. The summed E-state index contributed by atoms with van der Waals surface area (Å²) in [7, 11) is 3.25. The molecular weight excluding hydrogens is 268 g/mol. The molecule has 0 aliphatic carbocycles. The van der Waals surface area contributed by atoms with Crippen molar-refractivity contribution in [3.05, 3.63) is 23.8 Å². The third kappa shape index (κ3) is 4.11. The van der Waals surface area contributed by atoms with Crippen LogP contribution in [0.25, 0.3) is 0 Å². The number of methoxy groups -OCH3 is 2. The van der Waals surface area contributed by atoms with Gasteiger partial charge in [-0.2, -0.15) is 0 Å². The molecule has 0 aromatic heterocycles. The van der Waals surface area contributed by atoms with Crippen molar-refractivity contribution in [2.45, 2.75) is 19.3 Å². The molecule has 0 spiro atoms. The fraction of sp³-hybridized carbons (Fsp3) is 0.562. The number of amides is 1. The van der Waals surface area contributed by atoms with E-state index in [9.17, 15) is 4.79 Å². The summed E-state index contributed by atoms with van der Waals surface area (Å²) in [5.41, 5.74) is 6.71. The molecule has 1 unspecified atom stereocenters. The number of ether oxygens (including phenoxy) is 2. The van der Waals surface area contributed by atoms with Crippen LogP contribution in [0.4, 0.5) is 0 Å². The Hall–Kier alpha value is -1.75. The van der Waals surface area contributed by atoms with Crippen molar-refractivity contribution < 1.29 is 14.3 Å². The molecule has 1 aromatic rings. The molecule has 0 radical (unpaired) electrons. The third-order valence-electron chi connectivity index (χ3n) is 4.01. The first-order chi connectivity index (χ1) is 10.2. The van der Waals surface area contributed by atoms with Crippen LogP contribution in [-0.4, -0.2) is 44.7 Å². The van der Waals surface area contributed by atoms with Gasteiger partial charge >= 0.3 is 0 Å². The van der Waals surface area contributed by atoms with Gasteiger partial charge in [-0.15, -0.1) is 0 Å². The average Bonchev–Trinajstić information content (AvgIpc) is 3.01. The van der Waals surface area contributed by atoms with Crippen LogP contribution in [0.2, 0.25) is 0 Å². The van der Waals surface area contributed by atoms with Gasteiger partial charge in [-0.1, -0.05) is 0 Å². The Morgan fingerprint density at radius 1 is 1.29 bits per heavy atom. The number of hydrogen-bond acceptors (Lipinski definition) is 4. The minimum absolute atomic E-state index is 0.202. The lowest BCUT2D eigenvalue weighted by molar-refractivity contribution is -0.130.